The van der Waals surface area contributed by atoms with Gasteiger partial charge in [0.15, 0.2) is 6.04 Å². The molecule has 1 unspecified atom stereocenters. The summed E-state index contributed by atoms with van der Waals surface area (Å²) in [7, 11) is 0. The van der Waals surface area contributed by atoms with Crippen molar-refractivity contribution in [2.24, 2.45) is 0 Å². The summed E-state index contributed by atoms with van der Waals surface area (Å²) in [5.41, 5.74) is 0. The molecule has 0 aliphatic carbocycles. The number of aliphatic hydroxyl groups is 1. The van der Waals surface area contributed by atoms with Gasteiger partial charge in [-0.3, -0.25) is 4.79 Å². The molecular formula is C8H12N4O4. The van der Waals surface area contributed by atoms with Crippen molar-refractivity contribution in [3.05, 3.63) is 22.5 Å². The molecule has 0 fully saturated rings. The molecule has 88 valence electrons. The molecule has 1 heterocycles. The molecule has 0 radical (unpaired) electrons. The summed E-state index contributed by atoms with van der Waals surface area (Å²) in [5, 5.41) is 21.5. The maximum Gasteiger partial charge on any atom is 0.435 e. The summed E-state index contributed by atoms with van der Waals surface area (Å²) in [6.45, 7) is 1.46. The summed E-state index contributed by atoms with van der Waals surface area (Å²) in [4.78, 5) is 24.9. The largest absolute Gasteiger partial charge is 0.435 e. The van der Waals surface area contributed by atoms with Gasteiger partial charge in [0.1, 0.15) is 12.4 Å². The first-order chi connectivity index (χ1) is 7.57. The van der Waals surface area contributed by atoms with E-state index < -0.39 is 16.9 Å². The van der Waals surface area contributed by atoms with Crippen LogP contribution in [0.3, 0.4) is 0 Å². The minimum atomic E-state index is -0.741. The van der Waals surface area contributed by atoms with Crippen LogP contribution in [0.4, 0.5) is 5.95 Å². The molecule has 0 aliphatic heterocycles. The Morgan fingerprint density at radius 2 is 2.50 bits per heavy atom. The molecule has 8 nitrogen and oxygen atoms in total. The van der Waals surface area contributed by atoms with Gasteiger partial charge in [0.05, 0.1) is 6.61 Å². The summed E-state index contributed by atoms with van der Waals surface area (Å²) in [6.07, 6.45) is 2.62. The van der Waals surface area contributed by atoms with Gasteiger partial charge in [0.25, 0.3) is 5.91 Å². The van der Waals surface area contributed by atoms with E-state index in [2.05, 4.69) is 10.3 Å². The number of hydrogen-bond donors (Lipinski definition) is 2. The first-order valence-electron chi connectivity index (χ1n) is 4.63. The summed E-state index contributed by atoms with van der Waals surface area (Å²) >= 11 is 0. The van der Waals surface area contributed by atoms with Crippen LogP contribution in [-0.2, 0) is 4.79 Å². The smallest absolute Gasteiger partial charge is 0.395 e. The second-order valence-corrected chi connectivity index (χ2v) is 3.08. The highest BCUT2D eigenvalue weighted by Crippen LogP contribution is 2.15. The molecule has 1 aromatic rings. The van der Waals surface area contributed by atoms with Crippen molar-refractivity contribution in [2.75, 3.05) is 13.2 Å². The highest BCUT2D eigenvalue weighted by Gasteiger charge is 2.24. The summed E-state index contributed by atoms with van der Waals surface area (Å²) in [5.74, 6) is -0.790. The van der Waals surface area contributed by atoms with Crippen molar-refractivity contribution < 1.29 is 14.8 Å². The maximum absolute atomic E-state index is 11.5. The Hall–Kier alpha value is -1.96. The van der Waals surface area contributed by atoms with Crippen LogP contribution in [0.1, 0.15) is 13.0 Å². The summed E-state index contributed by atoms with van der Waals surface area (Å²) in [6, 6.07) is -0.741. The van der Waals surface area contributed by atoms with Crippen LogP contribution in [0.25, 0.3) is 0 Å². The zero-order valence-corrected chi connectivity index (χ0v) is 8.66. The number of carbonyl (C=O) groups is 1. The minimum absolute atomic E-state index is 0.117. The van der Waals surface area contributed by atoms with Crippen molar-refractivity contribution in [1.82, 2.24) is 14.9 Å². The van der Waals surface area contributed by atoms with Crippen LogP contribution in [-0.4, -0.2) is 38.6 Å². The topological polar surface area (TPSA) is 110 Å². The van der Waals surface area contributed by atoms with Crippen LogP contribution >= 0.6 is 0 Å². The SMILES string of the molecule is CC(C(=O)NCCO)n1ccnc1[N+](=O)[O-]. The number of carbonyl (C=O) groups excluding carboxylic acids is 1. The number of amides is 1. The van der Waals surface area contributed by atoms with Gasteiger partial charge in [-0.1, -0.05) is 4.98 Å². The third kappa shape index (κ3) is 2.54. The molecule has 8 heteroatoms. The zero-order chi connectivity index (χ0) is 12.1. The standard InChI is InChI=1S/C8H12N4O4/c1-6(7(14)9-3-5-13)11-4-2-10-8(11)12(15)16/h2,4,6,13H,3,5H2,1H3,(H,9,14). The predicted octanol–water partition coefficient (Wildman–Crippen LogP) is -0.539. The van der Waals surface area contributed by atoms with Gasteiger partial charge < -0.3 is 20.5 Å². The average molecular weight is 228 g/mol. The Morgan fingerprint density at radius 1 is 1.81 bits per heavy atom. The van der Waals surface area contributed by atoms with Crippen LogP contribution in [0, 0.1) is 10.1 Å². The molecule has 16 heavy (non-hydrogen) atoms. The Labute approximate surface area is 91.1 Å². The number of nitrogens with zero attached hydrogens (tertiary/aromatic N) is 3. The molecule has 1 atom stereocenters. The van der Waals surface area contributed by atoms with Gasteiger partial charge in [-0.2, -0.15) is 0 Å². The molecule has 0 saturated carbocycles. The third-order valence-corrected chi connectivity index (χ3v) is 2.02. The monoisotopic (exact) mass is 228 g/mol. The molecule has 2 N–H and O–H groups in total. The predicted molar refractivity (Wildman–Crippen MR) is 53.7 cm³/mol. The zero-order valence-electron chi connectivity index (χ0n) is 8.66. The van der Waals surface area contributed by atoms with E-state index in [0.717, 1.165) is 4.57 Å². The van der Waals surface area contributed by atoms with Crippen LogP contribution < -0.4 is 5.32 Å². The average Bonchev–Trinajstić information content (AvgIpc) is 2.73. The molecule has 1 rings (SSSR count). The normalized spacial score (nSPS) is 12.1. The quantitative estimate of drug-likeness (QED) is 0.519. The number of rotatable bonds is 5. The fourth-order valence-electron chi connectivity index (χ4n) is 1.20. The van der Waals surface area contributed by atoms with Gasteiger partial charge in [0, 0.05) is 6.54 Å². The molecule has 0 bridgehead atoms. The lowest BCUT2D eigenvalue weighted by Gasteiger charge is -2.10. The van der Waals surface area contributed by atoms with Crippen molar-refractivity contribution in [3.63, 3.8) is 0 Å². The Bertz CT molecular complexity index is 389. The maximum atomic E-state index is 11.5. The van der Waals surface area contributed by atoms with E-state index in [1.807, 2.05) is 0 Å². The van der Waals surface area contributed by atoms with Gasteiger partial charge in [-0.15, -0.1) is 0 Å². The molecule has 0 aliphatic rings. The third-order valence-electron chi connectivity index (χ3n) is 2.02. The Kier molecular flexibility index (Phi) is 3.95. The number of aliphatic hydroxyl groups excluding tert-OH is 1. The first-order valence-corrected chi connectivity index (χ1v) is 4.63. The second kappa shape index (κ2) is 5.21. The second-order valence-electron chi connectivity index (χ2n) is 3.08. The van der Waals surface area contributed by atoms with Gasteiger partial charge >= 0.3 is 5.95 Å². The van der Waals surface area contributed by atoms with E-state index in [9.17, 15) is 14.9 Å². The van der Waals surface area contributed by atoms with Crippen LogP contribution in [0.15, 0.2) is 12.4 Å². The number of nitro groups is 1. The molecule has 0 spiro atoms. The van der Waals surface area contributed by atoms with E-state index in [-0.39, 0.29) is 19.1 Å². The molecule has 0 saturated heterocycles. The van der Waals surface area contributed by atoms with E-state index in [1.54, 1.807) is 0 Å². The van der Waals surface area contributed by atoms with E-state index >= 15 is 0 Å². The lowest BCUT2D eigenvalue weighted by atomic mass is 10.3. The fraction of sp³-hybridized carbons (Fsp3) is 0.500. The molecule has 0 aromatic carbocycles. The number of imidazole rings is 1. The van der Waals surface area contributed by atoms with Crippen molar-refractivity contribution in [3.8, 4) is 0 Å². The number of aromatic nitrogens is 2. The lowest BCUT2D eigenvalue weighted by Crippen LogP contribution is -2.33. The number of hydrogen-bond acceptors (Lipinski definition) is 5. The van der Waals surface area contributed by atoms with E-state index in [4.69, 9.17) is 5.11 Å². The summed E-state index contributed by atoms with van der Waals surface area (Å²) < 4.78 is 1.16. The van der Waals surface area contributed by atoms with Gasteiger partial charge in [0.2, 0.25) is 0 Å². The van der Waals surface area contributed by atoms with Crippen LogP contribution in [0.5, 0.6) is 0 Å². The highest BCUT2D eigenvalue weighted by molar-refractivity contribution is 5.80. The molecule has 1 amide bonds. The van der Waals surface area contributed by atoms with E-state index in [0.29, 0.717) is 0 Å². The lowest BCUT2D eigenvalue weighted by molar-refractivity contribution is -0.397. The minimum Gasteiger partial charge on any atom is -0.395 e. The molecular weight excluding hydrogens is 216 g/mol. The van der Waals surface area contributed by atoms with E-state index in [1.165, 1.54) is 19.3 Å². The Morgan fingerprint density at radius 3 is 3.06 bits per heavy atom. The number of nitrogens with one attached hydrogen (secondary N) is 1. The van der Waals surface area contributed by atoms with Gasteiger partial charge in [-0.25, -0.2) is 4.57 Å². The molecule has 1 aromatic heterocycles. The Balaban J connectivity index is 2.79. The fourth-order valence-corrected chi connectivity index (χ4v) is 1.20. The van der Waals surface area contributed by atoms with Crippen molar-refractivity contribution in [1.29, 1.82) is 0 Å². The first kappa shape index (κ1) is 12.1. The van der Waals surface area contributed by atoms with Crippen molar-refractivity contribution in [2.45, 2.75) is 13.0 Å². The van der Waals surface area contributed by atoms with Crippen LogP contribution in [0.2, 0.25) is 0 Å². The van der Waals surface area contributed by atoms with Gasteiger partial charge in [-0.05, 0) is 11.8 Å². The highest BCUT2D eigenvalue weighted by atomic mass is 16.6. The van der Waals surface area contributed by atoms with Crippen molar-refractivity contribution >= 4 is 11.9 Å².